The van der Waals surface area contributed by atoms with Crippen molar-refractivity contribution in [3.8, 4) is 86.8 Å². The number of amidine groups is 1. The summed E-state index contributed by atoms with van der Waals surface area (Å²) in [6.45, 7) is 1.50. The number of carbonyl (C=O) groups excluding carboxylic acids is 4. The summed E-state index contributed by atoms with van der Waals surface area (Å²) in [6, 6.07) is 34.4. The van der Waals surface area contributed by atoms with Gasteiger partial charge in [-0.2, -0.15) is 36.2 Å². The number of nitrogen functional groups attached to an aromatic ring is 1. The standard InChI is InChI=1S/C20H22N8O3.C20H19N7O2.C16H13ClN6O.C10H12N4O.C6H2Cl2N2.C4H7NO.C4H8O3/c1-28-10-23-19(26-28)12-4-3-5-14(17(12)31-2)24-15-8-16(25-20(29)11-6-7-11)22-9-13(15)18(21)27-30;1-27-11-23-19(26-27)14-4-3-5-15(18(14)29-2)24-16-8-17(22-10-13(16)9-21)25-20(28)12-6-7-12;1-23-9-20-16(22-23)11-4-3-5-12(15(11)24-2)21-13-6-14(17)19-8-10(13)7-18;1-14-6-12-10(13-14)7-4-3-5-8(11)9(7)15-2;7-5-1-6(8)10-3-4(5)2-9;5-4(6)3-1-2-3;1-2-7-4(6)3-5/h3-5,8-11,30H,6-7H2,1-2H3,(H2,21,27)(H2,22,24,25,29);3-5,8,10-12H,6-7H2,1-2H3,(H2,22,24,25,28);3-6,8-9H,1-2H3,(H,19,21);3-6H,11H2,1-2H3;1,3H;3H,1-2H2,(H2,5,6);5H,2-3H2,1H3. The zero-order valence-corrected chi connectivity index (χ0v) is 69.4. The van der Waals surface area contributed by atoms with Crippen LogP contribution < -0.4 is 62.7 Å². The number of aliphatic hydroxyl groups excluding tert-OH is 1. The van der Waals surface area contributed by atoms with E-state index in [-0.39, 0.29) is 46.5 Å². The van der Waals surface area contributed by atoms with Gasteiger partial charge in [0.05, 0.1) is 124 Å². The summed E-state index contributed by atoms with van der Waals surface area (Å²) >= 11 is 17.0. The highest BCUT2D eigenvalue weighted by Gasteiger charge is 2.32. The average Bonchev–Trinajstić information content (AvgIpc) is 1.81. The molecule has 0 saturated heterocycles. The number of aromatic nitrogens is 16. The summed E-state index contributed by atoms with van der Waals surface area (Å²) in [7, 11) is 13.4. The van der Waals surface area contributed by atoms with Gasteiger partial charge in [-0.15, -0.1) is 0 Å². The van der Waals surface area contributed by atoms with Crippen molar-refractivity contribution in [2.45, 2.75) is 45.4 Å². The number of rotatable bonds is 22. The second kappa shape index (κ2) is 43.9. The number of oxime groups is 1. The third kappa shape index (κ3) is 25.5. The molecular formula is C80H83Cl3N28O11. The number of esters is 1. The van der Waals surface area contributed by atoms with Crippen molar-refractivity contribution in [1.82, 2.24) is 79.0 Å². The second-order valence-corrected chi connectivity index (χ2v) is 27.4. The molecule has 15 rings (SSSR count). The number of para-hydroxylation sites is 4. The minimum atomic E-state index is -0.567. The zero-order valence-electron chi connectivity index (χ0n) is 67.1. The fourth-order valence-corrected chi connectivity index (χ4v) is 11.3. The van der Waals surface area contributed by atoms with E-state index in [1.54, 1.807) is 125 Å². The number of nitrogens with one attached hydrogen (secondary N) is 5. The Hall–Kier alpha value is -15.1. The molecule has 3 aliphatic rings. The lowest BCUT2D eigenvalue weighted by Gasteiger charge is -2.16. The monoisotopic (exact) mass is 1720 g/mol. The van der Waals surface area contributed by atoms with E-state index in [1.807, 2.05) is 79.8 Å². The molecule has 0 aliphatic heterocycles. The Morgan fingerprint density at radius 2 is 0.852 bits per heavy atom. The molecule has 8 aromatic heterocycles. The average molecular weight is 1720 g/mol. The van der Waals surface area contributed by atoms with Crippen molar-refractivity contribution in [3.63, 3.8) is 0 Å². The van der Waals surface area contributed by atoms with Crippen LogP contribution in [-0.4, -0.2) is 160 Å². The Kier molecular flexibility index (Phi) is 32.7. The number of nitrogens with two attached hydrogens (primary N) is 3. The van der Waals surface area contributed by atoms with Crippen molar-refractivity contribution in [2.24, 2.45) is 62.6 Å². The van der Waals surface area contributed by atoms with Crippen LogP contribution in [0.1, 0.15) is 67.7 Å². The summed E-state index contributed by atoms with van der Waals surface area (Å²) in [5.41, 5.74) is 24.9. The number of benzene rings is 4. The van der Waals surface area contributed by atoms with Crippen molar-refractivity contribution >= 4 is 116 Å². The fraction of sp³-hybridized carbons (Fsp3) is 0.250. The minimum Gasteiger partial charge on any atom is -0.494 e. The van der Waals surface area contributed by atoms with Gasteiger partial charge in [-0.05, 0) is 100 Å². The Morgan fingerprint density at radius 1 is 0.492 bits per heavy atom. The number of methoxy groups -OCH3 is 4. The van der Waals surface area contributed by atoms with Gasteiger partial charge in [-0.1, -0.05) is 64.2 Å². The lowest BCUT2D eigenvalue weighted by Crippen LogP contribution is -2.18. The SMILES string of the molecule is CCOC(=O)CO.COc1c(N)cccc1-c1ncn(C)n1.COc1c(Nc2cc(Cl)ncc2C#N)cccc1-c1ncn(C)n1.COc1c(Nc2cc(NC(=O)C3CC3)ncc2C#N)cccc1-c1ncn(C)n1.COc1c(Nc2cc(NC(=O)C3CC3)ncc2C(N)=NO)cccc1-c1ncn(C)n1.N#Cc1cnc(Cl)cc1Cl.NC(=O)C1CC1. The van der Waals surface area contributed by atoms with E-state index in [0.717, 1.165) is 49.7 Å². The molecule has 13 N–H and O–H groups in total. The first-order valence-electron chi connectivity index (χ1n) is 36.8. The number of nitrogens with zero attached hydrogens (tertiary/aromatic N) is 20. The molecule has 42 heteroatoms. The van der Waals surface area contributed by atoms with Crippen LogP contribution in [0.15, 0.2) is 152 Å². The predicted octanol–water partition coefficient (Wildman–Crippen LogP) is 10.8. The molecule has 12 aromatic rings. The molecule has 3 aliphatic carbocycles. The highest BCUT2D eigenvalue weighted by molar-refractivity contribution is 6.34. The van der Waals surface area contributed by atoms with Crippen LogP contribution in [0.3, 0.4) is 0 Å². The maximum Gasteiger partial charge on any atom is 0.331 e. The summed E-state index contributed by atoms with van der Waals surface area (Å²) in [5, 5.41) is 80.6. The number of aryl methyl sites for hydroxylation is 4. The largest absolute Gasteiger partial charge is 0.494 e. The lowest BCUT2D eigenvalue weighted by atomic mass is 10.1. The molecule has 8 heterocycles. The van der Waals surface area contributed by atoms with Crippen molar-refractivity contribution in [2.75, 3.05) is 74.0 Å². The van der Waals surface area contributed by atoms with Crippen LogP contribution in [0, 0.1) is 51.7 Å². The smallest absolute Gasteiger partial charge is 0.331 e. The molecule has 0 bridgehead atoms. The highest BCUT2D eigenvalue weighted by Crippen LogP contribution is 2.42. The number of nitriles is 3. The molecule has 3 saturated carbocycles. The Balaban J connectivity index is 0.000000172. The number of amides is 3. The molecule has 0 unspecified atom stereocenters. The number of halogens is 3. The summed E-state index contributed by atoms with van der Waals surface area (Å²) in [5.74, 6) is 4.58. The lowest BCUT2D eigenvalue weighted by molar-refractivity contribution is -0.146. The van der Waals surface area contributed by atoms with Crippen LogP contribution in [-0.2, 0) is 52.1 Å². The van der Waals surface area contributed by atoms with Crippen molar-refractivity contribution in [3.05, 3.63) is 185 Å². The Morgan fingerprint density at radius 3 is 1.19 bits per heavy atom. The minimum absolute atomic E-state index is 0.0320. The second-order valence-electron chi connectivity index (χ2n) is 26.2. The number of hydrogen-bond acceptors (Lipinski definition) is 31. The van der Waals surface area contributed by atoms with Crippen LogP contribution in [0.25, 0.3) is 45.6 Å². The zero-order chi connectivity index (χ0) is 88.1. The molecule has 3 fully saturated rings. The van der Waals surface area contributed by atoms with Gasteiger partial charge in [-0.25, -0.2) is 44.7 Å². The van der Waals surface area contributed by atoms with Gasteiger partial charge in [0.25, 0.3) is 0 Å². The number of pyridine rings is 4. The van der Waals surface area contributed by atoms with E-state index in [0.29, 0.717) is 148 Å². The van der Waals surface area contributed by atoms with Gasteiger partial charge >= 0.3 is 5.97 Å². The van der Waals surface area contributed by atoms with Gasteiger partial charge in [-0.3, -0.25) is 33.1 Å². The Bertz CT molecular complexity index is 5850. The third-order valence-corrected chi connectivity index (χ3v) is 17.9. The number of ether oxygens (including phenoxy) is 5. The van der Waals surface area contributed by atoms with E-state index in [9.17, 15) is 29.7 Å². The van der Waals surface area contributed by atoms with Crippen LogP contribution in [0.5, 0.6) is 23.0 Å². The van der Waals surface area contributed by atoms with E-state index in [4.69, 9.17) is 86.5 Å². The molecule has 4 aromatic carbocycles. The molecule has 0 atom stereocenters. The van der Waals surface area contributed by atoms with Crippen LogP contribution in [0.4, 0.5) is 51.4 Å². The molecule has 630 valence electrons. The molecule has 3 amide bonds. The molecule has 39 nitrogen and oxygen atoms in total. The van der Waals surface area contributed by atoms with E-state index in [2.05, 4.69) is 109 Å². The van der Waals surface area contributed by atoms with Gasteiger partial charge < -0.3 is 77.8 Å². The molecule has 0 spiro atoms. The molecule has 122 heavy (non-hydrogen) atoms. The Labute approximate surface area is 713 Å². The maximum atomic E-state index is 12.1. The first-order chi connectivity index (χ1) is 58.8. The van der Waals surface area contributed by atoms with Crippen molar-refractivity contribution < 1.29 is 53.2 Å². The first-order valence-corrected chi connectivity index (χ1v) is 37.9. The van der Waals surface area contributed by atoms with Crippen LogP contribution >= 0.6 is 34.8 Å². The number of primary amides is 1. The van der Waals surface area contributed by atoms with E-state index < -0.39 is 12.6 Å². The summed E-state index contributed by atoms with van der Waals surface area (Å²) in [4.78, 5) is 77.0. The summed E-state index contributed by atoms with van der Waals surface area (Å²) < 4.78 is 32.8. The predicted molar refractivity (Wildman–Crippen MR) is 453 cm³/mol. The third-order valence-electron chi connectivity index (χ3n) is 17.1. The number of carbonyl (C=O) groups is 4. The van der Waals surface area contributed by atoms with Gasteiger partial charge in [0, 0.05) is 88.9 Å². The van der Waals surface area contributed by atoms with E-state index >= 15 is 0 Å². The van der Waals surface area contributed by atoms with Gasteiger partial charge in [0.15, 0.2) is 52.1 Å². The summed E-state index contributed by atoms with van der Waals surface area (Å²) in [6.07, 6.45) is 17.7. The number of anilines is 9. The van der Waals surface area contributed by atoms with Crippen LogP contribution in [0.2, 0.25) is 15.3 Å². The highest BCUT2D eigenvalue weighted by atomic mass is 35.5. The quantitative estimate of drug-likeness (QED) is 0.00573. The van der Waals surface area contributed by atoms with Gasteiger partial charge in [0.1, 0.15) is 72.1 Å². The fourth-order valence-electron chi connectivity index (χ4n) is 10.8. The normalized spacial score (nSPS) is 12.0. The topological polar surface area (TPSA) is 551 Å². The number of aliphatic hydroxyl groups is 1. The van der Waals surface area contributed by atoms with Gasteiger partial charge in [0.2, 0.25) is 17.7 Å². The maximum absolute atomic E-state index is 12.1. The molecular weight excluding hydrogens is 1640 g/mol. The first kappa shape index (κ1) is 90.8. The van der Waals surface area contributed by atoms with Crippen molar-refractivity contribution in [1.29, 1.82) is 15.8 Å². The molecule has 0 radical (unpaired) electrons. The van der Waals surface area contributed by atoms with E-state index in [1.165, 1.54) is 30.9 Å². The number of hydrogen-bond donors (Lipinski definition) is 10.